The fraction of sp³-hybridized carbons (Fsp3) is 0.667. The summed E-state index contributed by atoms with van der Waals surface area (Å²) in [6.45, 7) is 0.804. The fourth-order valence-electron chi connectivity index (χ4n) is 3.63. The Balaban J connectivity index is 1.38. The summed E-state index contributed by atoms with van der Waals surface area (Å²) in [5.41, 5.74) is 1.33. The van der Waals surface area contributed by atoms with Gasteiger partial charge in [0.15, 0.2) is 0 Å². The maximum absolute atomic E-state index is 12.2. The van der Waals surface area contributed by atoms with Gasteiger partial charge in [-0.05, 0) is 49.7 Å². The third-order valence-corrected chi connectivity index (χ3v) is 6.22. The molecule has 23 heavy (non-hydrogen) atoms. The van der Waals surface area contributed by atoms with E-state index in [2.05, 4.69) is 10.6 Å². The molecule has 0 atom stereocenters. The summed E-state index contributed by atoms with van der Waals surface area (Å²) in [6, 6.07) is 2.01. The number of hydrogen-bond acceptors (Lipinski definition) is 3. The SMILES string of the molecule is O=C(CNC(=O)c1cc2c(s1)CCCC2)NCCC1CCCC1. The van der Waals surface area contributed by atoms with Crippen LogP contribution in [0.3, 0.4) is 0 Å². The van der Waals surface area contributed by atoms with Gasteiger partial charge in [-0.3, -0.25) is 9.59 Å². The van der Waals surface area contributed by atoms with Gasteiger partial charge in [0, 0.05) is 11.4 Å². The zero-order valence-electron chi connectivity index (χ0n) is 13.7. The predicted octanol–water partition coefficient (Wildman–Crippen LogP) is 3.05. The zero-order valence-corrected chi connectivity index (χ0v) is 14.5. The normalized spacial score (nSPS) is 17.7. The molecule has 0 aromatic carbocycles. The van der Waals surface area contributed by atoms with Crippen LogP contribution < -0.4 is 10.6 Å². The standard InChI is InChI=1S/C18H26N2O2S/c21-17(19-10-9-13-5-1-2-6-13)12-20-18(22)16-11-14-7-3-4-8-15(14)23-16/h11,13H,1-10,12H2,(H,19,21)(H,20,22). The largest absolute Gasteiger partial charge is 0.355 e. The minimum atomic E-state index is -0.115. The first-order valence-electron chi connectivity index (χ1n) is 8.89. The van der Waals surface area contributed by atoms with Gasteiger partial charge in [-0.2, -0.15) is 0 Å². The van der Waals surface area contributed by atoms with Crippen LogP contribution in [0.15, 0.2) is 6.07 Å². The van der Waals surface area contributed by atoms with E-state index in [0.717, 1.165) is 36.6 Å². The molecule has 0 unspecified atom stereocenters. The number of fused-ring (bicyclic) bond motifs is 1. The lowest BCUT2D eigenvalue weighted by Crippen LogP contribution is -2.37. The fourth-order valence-corrected chi connectivity index (χ4v) is 4.80. The Morgan fingerprint density at radius 1 is 1.09 bits per heavy atom. The van der Waals surface area contributed by atoms with Gasteiger partial charge in [-0.15, -0.1) is 11.3 Å². The summed E-state index contributed by atoms with van der Waals surface area (Å²) in [7, 11) is 0. The average Bonchev–Trinajstić information content (AvgIpc) is 3.21. The van der Waals surface area contributed by atoms with Crippen LogP contribution in [-0.4, -0.2) is 24.9 Å². The Kier molecular flexibility index (Phi) is 5.70. The lowest BCUT2D eigenvalue weighted by atomic mass is 9.99. The van der Waals surface area contributed by atoms with Crippen molar-refractivity contribution in [3.05, 3.63) is 21.4 Å². The molecule has 2 N–H and O–H groups in total. The molecule has 0 bridgehead atoms. The second kappa shape index (κ2) is 7.95. The molecular formula is C18H26N2O2S. The molecule has 1 saturated carbocycles. The highest BCUT2D eigenvalue weighted by molar-refractivity contribution is 7.14. The summed E-state index contributed by atoms with van der Waals surface area (Å²) < 4.78 is 0. The molecule has 0 saturated heterocycles. The van der Waals surface area contributed by atoms with E-state index in [1.807, 2.05) is 6.07 Å². The van der Waals surface area contributed by atoms with Crippen molar-refractivity contribution in [1.82, 2.24) is 10.6 Å². The van der Waals surface area contributed by atoms with Gasteiger partial charge in [-0.25, -0.2) is 0 Å². The van der Waals surface area contributed by atoms with Crippen molar-refractivity contribution in [1.29, 1.82) is 0 Å². The summed E-state index contributed by atoms with van der Waals surface area (Å²) >= 11 is 1.59. The van der Waals surface area contributed by atoms with E-state index in [0.29, 0.717) is 0 Å². The first-order valence-corrected chi connectivity index (χ1v) is 9.70. The number of nitrogens with one attached hydrogen (secondary N) is 2. The van der Waals surface area contributed by atoms with Crippen LogP contribution in [-0.2, 0) is 17.6 Å². The molecule has 1 aromatic heterocycles. The number of amides is 2. The highest BCUT2D eigenvalue weighted by Gasteiger charge is 2.18. The molecule has 1 heterocycles. The van der Waals surface area contributed by atoms with Crippen LogP contribution >= 0.6 is 11.3 Å². The number of aryl methyl sites for hydroxylation is 2. The van der Waals surface area contributed by atoms with Crippen LogP contribution in [0.2, 0.25) is 0 Å². The maximum atomic E-state index is 12.2. The van der Waals surface area contributed by atoms with Crippen molar-refractivity contribution in [2.75, 3.05) is 13.1 Å². The monoisotopic (exact) mass is 334 g/mol. The Labute approximate surface area is 142 Å². The number of rotatable bonds is 6. The molecule has 0 aliphatic heterocycles. The van der Waals surface area contributed by atoms with Crippen LogP contribution in [0, 0.1) is 5.92 Å². The van der Waals surface area contributed by atoms with E-state index in [-0.39, 0.29) is 18.4 Å². The summed E-state index contributed by atoms with van der Waals surface area (Å²) in [6.07, 6.45) is 10.9. The highest BCUT2D eigenvalue weighted by Crippen LogP contribution is 2.29. The minimum absolute atomic E-state index is 0.0755. The van der Waals surface area contributed by atoms with Crippen molar-refractivity contribution < 1.29 is 9.59 Å². The Morgan fingerprint density at radius 3 is 2.65 bits per heavy atom. The van der Waals surface area contributed by atoms with E-state index >= 15 is 0 Å². The molecular weight excluding hydrogens is 308 g/mol. The molecule has 2 aliphatic carbocycles. The minimum Gasteiger partial charge on any atom is -0.355 e. The quantitative estimate of drug-likeness (QED) is 0.840. The average molecular weight is 334 g/mol. The molecule has 1 aromatic rings. The van der Waals surface area contributed by atoms with Gasteiger partial charge in [0.2, 0.25) is 5.91 Å². The molecule has 2 aliphatic rings. The van der Waals surface area contributed by atoms with E-state index in [9.17, 15) is 9.59 Å². The molecule has 1 fully saturated rings. The van der Waals surface area contributed by atoms with Crippen LogP contribution in [0.4, 0.5) is 0 Å². The molecule has 0 spiro atoms. The smallest absolute Gasteiger partial charge is 0.261 e. The molecule has 0 radical (unpaired) electrons. The van der Waals surface area contributed by atoms with E-state index in [1.165, 1.54) is 49.0 Å². The Morgan fingerprint density at radius 2 is 1.87 bits per heavy atom. The van der Waals surface area contributed by atoms with Gasteiger partial charge in [0.1, 0.15) is 0 Å². The topological polar surface area (TPSA) is 58.2 Å². The van der Waals surface area contributed by atoms with Gasteiger partial charge in [0.05, 0.1) is 11.4 Å². The zero-order chi connectivity index (χ0) is 16.1. The van der Waals surface area contributed by atoms with Gasteiger partial charge in [-0.1, -0.05) is 25.7 Å². The van der Waals surface area contributed by atoms with Crippen molar-refractivity contribution in [3.8, 4) is 0 Å². The van der Waals surface area contributed by atoms with Crippen molar-refractivity contribution in [3.63, 3.8) is 0 Å². The molecule has 3 rings (SSSR count). The number of carbonyl (C=O) groups excluding carboxylic acids is 2. The Hall–Kier alpha value is -1.36. The van der Waals surface area contributed by atoms with E-state index in [4.69, 9.17) is 0 Å². The van der Waals surface area contributed by atoms with Crippen LogP contribution in [0.1, 0.15) is 65.1 Å². The first kappa shape index (κ1) is 16.5. The lowest BCUT2D eigenvalue weighted by Gasteiger charge is -2.10. The lowest BCUT2D eigenvalue weighted by molar-refractivity contribution is -0.120. The van der Waals surface area contributed by atoms with Gasteiger partial charge in [0.25, 0.3) is 5.91 Å². The van der Waals surface area contributed by atoms with Crippen LogP contribution in [0.25, 0.3) is 0 Å². The number of carbonyl (C=O) groups is 2. The second-order valence-corrected chi connectivity index (χ2v) is 7.87. The summed E-state index contributed by atoms with van der Waals surface area (Å²) in [4.78, 5) is 26.1. The maximum Gasteiger partial charge on any atom is 0.261 e. The highest BCUT2D eigenvalue weighted by atomic mass is 32.1. The van der Waals surface area contributed by atoms with Crippen molar-refractivity contribution in [2.45, 2.75) is 57.8 Å². The Bertz CT molecular complexity index is 538. The van der Waals surface area contributed by atoms with E-state index in [1.54, 1.807) is 11.3 Å². The van der Waals surface area contributed by atoms with Crippen molar-refractivity contribution >= 4 is 23.2 Å². The summed E-state index contributed by atoms with van der Waals surface area (Å²) in [5, 5.41) is 5.66. The van der Waals surface area contributed by atoms with Gasteiger partial charge >= 0.3 is 0 Å². The predicted molar refractivity (Wildman–Crippen MR) is 92.9 cm³/mol. The van der Waals surface area contributed by atoms with Crippen LogP contribution in [0.5, 0.6) is 0 Å². The number of hydrogen-bond donors (Lipinski definition) is 2. The first-order chi connectivity index (χ1) is 11.2. The third-order valence-electron chi connectivity index (χ3n) is 4.98. The van der Waals surface area contributed by atoms with Crippen molar-refractivity contribution in [2.24, 2.45) is 5.92 Å². The third kappa shape index (κ3) is 4.56. The van der Waals surface area contributed by atoms with E-state index < -0.39 is 0 Å². The molecule has 126 valence electrons. The van der Waals surface area contributed by atoms with Gasteiger partial charge < -0.3 is 10.6 Å². The second-order valence-electron chi connectivity index (χ2n) is 6.74. The number of thiophene rings is 1. The molecule has 5 heteroatoms. The molecule has 2 amide bonds. The molecule has 4 nitrogen and oxygen atoms in total. The summed E-state index contributed by atoms with van der Waals surface area (Å²) in [5.74, 6) is 0.579.